The van der Waals surface area contributed by atoms with Crippen molar-refractivity contribution in [3.05, 3.63) is 59.1 Å². The number of fused-ring (bicyclic) bond motifs is 1. The number of anilines is 3. The number of benzene rings is 2. The molecule has 2 aromatic heterocycles. The predicted molar refractivity (Wildman–Crippen MR) is 120 cm³/mol. The highest BCUT2D eigenvalue weighted by Crippen LogP contribution is 2.28. The second-order valence-corrected chi connectivity index (χ2v) is 8.18. The molecule has 3 N–H and O–H groups in total. The number of hydrogen-bond acceptors (Lipinski definition) is 7. The molecule has 8 nitrogen and oxygen atoms in total. The summed E-state index contributed by atoms with van der Waals surface area (Å²) in [6, 6.07) is 14.2. The number of thiazole rings is 2. The normalized spacial score (nSPS) is 10.6. The van der Waals surface area contributed by atoms with Crippen molar-refractivity contribution in [3.8, 4) is 5.75 Å². The van der Waals surface area contributed by atoms with E-state index < -0.39 is 6.03 Å². The minimum absolute atomic E-state index is 0.314. The van der Waals surface area contributed by atoms with Gasteiger partial charge in [-0.05, 0) is 31.2 Å². The number of aryl methyl sites for hydroxylation is 1. The molecule has 0 unspecified atom stereocenters. The number of methoxy groups -OCH3 is 1. The summed E-state index contributed by atoms with van der Waals surface area (Å²) >= 11 is 2.49. The molecule has 0 radical (unpaired) electrons. The van der Waals surface area contributed by atoms with Gasteiger partial charge in [-0.3, -0.25) is 15.4 Å². The number of nitrogens with zero attached hydrogens (tertiary/aromatic N) is 2. The van der Waals surface area contributed by atoms with E-state index in [1.54, 1.807) is 25.1 Å². The largest absolute Gasteiger partial charge is 0.495 e. The minimum Gasteiger partial charge on any atom is -0.495 e. The van der Waals surface area contributed by atoms with E-state index in [-0.39, 0.29) is 5.91 Å². The first kappa shape index (κ1) is 19.8. The molecule has 0 atom stereocenters. The van der Waals surface area contributed by atoms with E-state index in [2.05, 4.69) is 25.9 Å². The number of hydrogen-bond donors (Lipinski definition) is 3. The third kappa shape index (κ3) is 4.24. The smallest absolute Gasteiger partial charge is 0.325 e. The van der Waals surface area contributed by atoms with Crippen LogP contribution in [0.3, 0.4) is 0 Å². The number of urea groups is 1. The van der Waals surface area contributed by atoms with Crippen molar-refractivity contribution < 1.29 is 14.3 Å². The monoisotopic (exact) mass is 439 g/mol. The van der Waals surface area contributed by atoms with Crippen LogP contribution in [-0.4, -0.2) is 29.0 Å². The van der Waals surface area contributed by atoms with E-state index in [1.165, 1.54) is 18.4 Å². The van der Waals surface area contributed by atoms with Crippen LogP contribution >= 0.6 is 22.7 Å². The van der Waals surface area contributed by atoms with Crippen molar-refractivity contribution in [2.24, 2.45) is 0 Å². The van der Waals surface area contributed by atoms with E-state index >= 15 is 0 Å². The van der Waals surface area contributed by atoms with Crippen LogP contribution in [0.5, 0.6) is 5.75 Å². The molecule has 152 valence electrons. The van der Waals surface area contributed by atoms with E-state index in [0.717, 1.165) is 21.6 Å². The maximum atomic E-state index is 12.7. The fourth-order valence-electron chi connectivity index (χ4n) is 2.74. The number of ether oxygens (including phenoxy) is 1. The van der Waals surface area contributed by atoms with Gasteiger partial charge >= 0.3 is 6.03 Å². The van der Waals surface area contributed by atoms with Crippen molar-refractivity contribution in [1.29, 1.82) is 0 Å². The standard InChI is InChI=1S/C20H17N5O3S2/c1-11-16(17(26)24-20-23-13-8-4-6-10-15(13)29-20)30-19(21-11)25-18(27)22-12-7-3-5-9-14(12)28-2/h3-10H,1-2H3,(H,23,24,26)(H2,21,22,25,27). The molecule has 10 heteroatoms. The molecule has 2 aromatic carbocycles. The SMILES string of the molecule is COc1ccccc1NC(=O)Nc1nc(C)c(C(=O)Nc2nc3ccccc3s2)s1. The molecule has 30 heavy (non-hydrogen) atoms. The Labute approximate surface area is 179 Å². The minimum atomic E-state index is -0.480. The number of nitrogens with one attached hydrogen (secondary N) is 3. The van der Waals surface area contributed by atoms with Crippen molar-refractivity contribution in [1.82, 2.24) is 9.97 Å². The third-order valence-corrected chi connectivity index (χ3v) is 6.12. The lowest BCUT2D eigenvalue weighted by molar-refractivity contribution is 0.103. The Balaban J connectivity index is 1.44. The van der Waals surface area contributed by atoms with Crippen LogP contribution in [0.4, 0.5) is 20.7 Å². The second-order valence-electron chi connectivity index (χ2n) is 6.15. The Hall–Kier alpha value is -3.50. The first-order chi connectivity index (χ1) is 14.5. The van der Waals surface area contributed by atoms with Crippen LogP contribution in [0.25, 0.3) is 10.2 Å². The van der Waals surface area contributed by atoms with E-state index in [1.807, 2.05) is 30.3 Å². The number of carbonyl (C=O) groups excluding carboxylic acids is 2. The maximum absolute atomic E-state index is 12.7. The van der Waals surface area contributed by atoms with Gasteiger partial charge in [-0.25, -0.2) is 14.8 Å². The number of amides is 3. The first-order valence-electron chi connectivity index (χ1n) is 8.89. The molecule has 2 heterocycles. The molecular weight excluding hydrogens is 422 g/mol. The van der Waals surface area contributed by atoms with Gasteiger partial charge in [-0.15, -0.1) is 0 Å². The fourth-order valence-corrected chi connectivity index (χ4v) is 4.46. The number of aromatic nitrogens is 2. The van der Waals surface area contributed by atoms with Crippen molar-refractivity contribution >= 4 is 60.8 Å². The van der Waals surface area contributed by atoms with Gasteiger partial charge in [0.1, 0.15) is 10.6 Å². The Morgan fingerprint density at radius 1 is 0.900 bits per heavy atom. The topological polar surface area (TPSA) is 105 Å². The van der Waals surface area contributed by atoms with Crippen LogP contribution < -0.4 is 20.7 Å². The lowest BCUT2D eigenvalue weighted by Gasteiger charge is -2.09. The maximum Gasteiger partial charge on any atom is 0.325 e. The van der Waals surface area contributed by atoms with Crippen molar-refractivity contribution in [2.75, 3.05) is 23.1 Å². The Morgan fingerprint density at radius 3 is 2.43 bits per heavy atom. The van der Waals surface area contributed by atoms with Gasteiger partial charge in [-0.1, -0.05) is 46.9 Å². The first-order valence-corrected chi connectivity index (χ1v) is 10.5. The van der Waals surface area contributed by atoms with Crippen molar-refractivity contribution in [3.63, 3.8) is 0 Å². The van der Waals surface area contributed by atoms with Crippen LogP contribution in [0.2, 0.25) is 0 Å². The van der Waals surface area contributed by atoms with E-state index in [4.69, 9.17) is 4.74 Å². The molecule has 0 aliphatic heterocycles. The molecule has 0 bridgehead atoms. The van der Waals surface area contributed by atoms with Crippen LogP contribution in [0.15, 0.2) is 48.5 Å². The summed E-state index contributed by atoms with van der Waals surface area (Å²) in [6.07, 6.45) is 0. The lowest BCUT2D eigenvalue weighted by atomic mass is 10.3. The van der Waals surface area contributed by atoms with Crippen molar-refractivity contribution in [2.45, 2.75) is 6.92 Å². The average molecular weight is 440 g/mol. The average Bonchev–Trinajstić information content (AvgIpc) is 3.30. The lowest BCUT2D eigenvalue weighted by Crippen LogP contribution is -2.19. The molecule has 0 spiro atoms. The zero-order valence-corrected chi connectivity index (χ0v) is 17.7. The summed E-state index contributed by atoms with van der Waals surface area (Å²) in [5.74, 6) is 0.223. The number of carbonyl (C=O) groups is 2. The van der Waals surface area contributed by atoms with Gasteiger partial charge in [0.2, 0.25) is 0 Å². The van der Waals surface area contributed by atoms with E-state index in [0.29, 0.717) is 32.3 Å². The molecule has 0 aliphatic rings. The van der Waals surface area contributed by atoms with Gasteiger partial charge in [0.15, 0.2) is 10.3 Å². The molecule has 0 fully saturated rings. The molecule has 0 aliphatic carbocycles. The summed E-state index contributed by atoms with van der Waals surface area (Å²) in [5.41, 5.74) is 1.87. The summed E-state index contributed by atoms with van der Waals surface area (Å²) in [4.78, 5) is 34.1. The Bertz CT molecular complexity index is 1200. The predicted octanol–water partition coefficient (Wildman–Crippen LogP) is 4.97. The second kappa shape index (κ2) is 8.47. The zero-order valence-electron chi connectivity index (χ0n) is 16.1. The number of para-hydroxylation sites is 3. The highest BCUT2D eigenvalue weighted by Gasteiger charge is 2.18. The Morgan fingerprint density at radius 2 is 1.63 bits per heavy atom. The fraction of sp³-hybridized carbons (Fsp3) is 0.100. The van der Waals surface area contributed by atoms with Crippen LogP contribution in [-0.2, 0) is 0 Å². The summed E-state index contributed by atoms with van der Waals surface area (Å²) in [7, 11) is 1.53. The van der Waals surface area contributed by atoms with E-state index in [9.17, 15) is 9.59 Å². The molecule has 0 saturated heterocycles. The summed E-state index contributed by atoms with van der Waals surface area (Å²) in [5, 5.41) is 8.99. The zero-order chi connectivity index (χ0) is 21.1. The molecule has 0 saturated carbocycles. The van der Waals surface area contributed by atoms with Gasteiger partial charge in [0.05, 0.1) is 28.7 Å². The summed E-state index contributed by atoms with van der Waals surface area (Å²) < 4.78 is 6.21. The van der Waals surface area contributed by atoms with Gasteiger partial charge in [-0.2, -0.15) is 0 Å². The third-order valence-electron chi connectivity index (χ3n) is 4.09. The number of rotatable bonds is 5. The molecule has 3 amide bonds. The van der Waals surface area contributed by atoms with Gasteiger partial charge in [0, 0.05) is 0 Å². The molecular formula is C20H17N5O3S2. The highest BCUT2D eigenvalue weighted by molar-refractivity contribution is 7.22. The van der Waals surface area contributed by atoms with Crippen LogP contribution in [0, 0.1) is 6.92 Å². The van der Waals surface area contributed by atoms with Gasteiger partial charge < -0.3 is 10.1 Å². The quantitative estimate of drug-likeness (QED) is 0.407. The highest BCUT2D eigenvalue weighted by atomic mass is 32.1. The summed E-state index contributed by atoms with van der Waals surface area (Å²) in [6.45, 7) is 1.72. The van der Waals surface area contributed by atoms with Crippen LogP contribution in [0.1, 0.15) is 15.4 Å². The molecule has 4 rings (SSSR count). The molecule has 4 aromatic rings. The Kier molecular flexibility index (Phi) is 5.59. The van der Waals surface area contributed by atoms with Gasteiger partial charge in [0.25, 0.3) is 5.91 Å².